The first-order chi connectivity index (χ1) is 8.88. The van der Waals surface area contributed by atoms with Gasteiger partial charge in [0.15, 0.2) is 5.78 Å². The summed E-state index contributed by atoms with van der Waals surface area (Å²) in [5, 5.41) is 0. The van der Waals surface area contributed by atoms with Gasteiger partial charge < -0.3 is 0 Å². The Labute approximate surface area is 125 Å². The molecule has 98 valence electrons. The van der Waals surface area contributed by atoms with Gasteiger partial charge in [0.1, 0.15) is 7.85 Å². The summed E-state index contributed by atoms with van der Waals surface area (Å²) < 4.78 is 0.795. The largest absolute Gasteiger partial charge is 0.289 e. The lowest BCUT2D eigenvalue weighted by Gasteiger charge is -2.09. The molecular formula is C16H18BBrO. The lowest BCUT2D eigenvalue weighted by molar-refractivity contribution is 0.103. The van der Waals surface area contributed by atoms with Crippen molar-refractivity contribution < 1.29 is 4.79 Å². The van der Waals surface area contributed by atoms with Crippen LogP contribution in [0.5, 0.6) is 0 Å². The number of halogens is 1. The monoisotopic (exact) mass is 316 g/mol. The standard InChI is InChI=1S/C16H18BBrO/c1-5-13-6-8-14(9-7-13)16(19)11(3)10(2)15(18)12(4)17/h6-9H,5H2,1-4H3/b11-10+,15-12-. The van der Waals surface area contributed by atoms with Crippen molar-refractivity contribution in [3.63, 3.8) is 0 Å². The van der Waals surface area contributed by atoms with Crippen LogP contribution in [0.4, 0.5) is 0 Å². The van der Waals surface area contributed by atoms with Gasteiger partial charge in [0.05, 0.1) is 0 Å². The van der Waals surface area contributed by atoms with Crippen LogP contribution in [0.3, 0.4) is 0 Å². The van der Waals surface area contributed by atoms with E-state index in [1.807, 2.05) is 38.1 Å². The molecule has 0 saturated heterocycles. The number of rotatable bonds is 4. The molecule has 0 aliphatic rings. The summed E-state index contributed by atoms with van der Waals surface area (Å²) in [5.74, 6) is 0.0401. The van der Waals surface area contributed by atoms with Gasteiger partial charge in [-0.25, -0.2) is 0 Å². The third-order valence-corrected chi connectivity index (χ3v) is 4.42. The zero-order valence-electron chi connectivity index (χ0n) is 11.9. The molecule has 0 aromatic heterocycles. The molecular weight excluding hydrogens is 299 g/mol. The second kappa shape index (κ2) is 6.90. The normalized spacial score (nSPS) is 13.7. The van der Waals surface area contributed by atoms with Crippen LogP contribution < -0.4 is 0 Å². The van der Waals surface area contributed by atoms with Gasteiger partial charge >= 0.3 is 0 Å². The first kappa shape index (κ1) is 16.0. The van der Waals surface area contributed by atoms with Gasteiger partial charge in [0.25, 0.3) is 0 Å². The van der Waals surface area contributed by atoms with E-state index >= 15 is 0 Å². The lowest BCUT2D eigenvalue weighted by Crippen LogP contribution is -2.04. The fraction of sp³-hybridized carbons (Fsp3) is 0.312. The molecule has 0 bridgehead atoms. The van der Waals surface area contributed by atoms with E-state index in [0.717, 1.165) is 16.5 Å². The number of Topliss-reactive ketones (excluding diaryl/α,β-unsaturated/α-hetero) is 1. The Morgan fingerprint density at radius 1 is 1.11 bits per heavy atom. The van der Waals surface area contributed by atoms with Crippen LogP contribution in [0.2, 0.25) is 0 Å². The molecule has 19 heavy (non-hydrogen) atoms. The second-order valence-corrected chi connectivity index (χ2v) is 5.42. The SMILES string of the molecule is [B]/C(C)=C(Br)/C(C)=C(\C)C(=O)c1ccc(CC)cc1. The van der Waals surface area contributed by atoms with Crippen LogP contribution in [0.25, 0.3) is 0 Å². The first-order valence-corrected chi connectivity index (χ1v) is 7.11. The van der Waals surface area contributed by atoms with Crippen molar-refractivity contribution in [2.24, 2.45) is 0 Å². The minimum absolute atomic E-state index is 0.0401. The van der Waals surface area contributed by atoms with E-state index < -0.39 is 0 Å². The molecule has 2 radical (unpaired) electrons. The highest BCUT2D eigenvalue weighted by atomic mass is 79.9. The van der Waals surface area contributed by atoms with Crippen LogP contribution in [0.1, 0.15) is 43.6 Å². The van der Waals surface area contributed by atoms with Crippen molar-refractivity contribution in [3.8, 4) is 0 Å². The average molecular weight is 317 g/mol. The third kappa shape index (κ3) is 3.94. The van der Waals surface area contributed by atoms with Crippen molar-refractivity contribution in [2.45, 2.75) is 34.1 Å². The van der Waals surface area contributed by atoms with E-state index in [9.17, 15) is 4.79 Å². The highest BCUT2D eigenvalue weighted by Gasteiger charge is 2.12. The van der Waals surface area contributed by atoms with Gasteiger partial charge in [0, 0.05) is 15.6 Å². The molecule has 0 spiro atoms. The highest BCUT2D eigenvalue weighted by molar-refractivity contribution is 9.12. The molecule has 1 aromatic carbocycles. The van der Waals surface area contributed by atoms with E-state index in [0.29, 0.717) is 16.6 Å². The maximum Gasteiger partial charge on any atom is 0.189 e. The molecule has 1 nitrogen and oxygen atoms in total. The summed E-state index contributed by atoms with van der Waals surface area (Å²) in [6.45, 7) is 7.63. The molecule has 0 fully saturated rings. The van der Waals surface area contributed by atoms with Crippen LogP contribution in [-0.4, -0.2) is 13.6 Å². The van der Waals surface area contributed by atoms with Gasteiger partial charge in [-0.3, -0.25) is 4.79 Å². The van der Waals surface area contributed by atoms with Crippen molar-refractivity contribution in [1.82, 2.24) is 0 Å². The summed E-state index contributed by atoms with van der Waals surface area (Å²) in [7, 11) is 5.74. The van der Waals surface area contributed by atoms with E-state index in [1.165, 1.54) is 5.56 Å². The smallest absolute Gasteiger partial charge is 0.189 e. The Hall–Kier alpha value is -1.09. The molecule has 0 heterocycles. The van der Waals surface area contributed by atoms with E-state index in [4.69, 9.17) is 7.85 Å². The molecule has 0 saturated carbocycles. The Bertz CT molecular complexity index is 534. The molecule has 3 heteroatoms. The lowest BCUT2D eigenvalue weighted by atomic mass is 9.92. The molecule has 0 unspecified atom stereocenters. The van der Waals surface area contributed by atoms with Crippen LogP contribution in [0, 0.1) is 0 Å². The predicted octanol–water partition coefficient (Wildman–Crippen LogP) is 4.56. The average Bonchev–Trinajstić information content (AvgIpc) is 2.44. The maximum atomic E-state index is 12.4. The van der Waals surface area contributed by atoms with Crippen molar-refractivity contribution in [3.05, 3.63) is 56.5 Å². The fourth-order valence-corrected chi connectivity index (χ4v) is 2.04. The van der Waals surface area contributed by atoms with Crippen LogP contribution in [0.15, 0.2) is 45.4 Å². The van der Waals surface area contributed by atoms with Crippen molar-refractivity contribution in [2.75, 3.05) is 0 Å². The van der Waals surface area contributed by atoms with Crippen molar-refractivity contribution in [1.29, 1.82) is 0 Å². The van der Waals surface area contributed by atoms with Crippen LogP contribution in [-0.2, 0) is 6.42 Å². The summed E-state index contributed by atoms with van der Waals surface area (Å²) in [6, 6.07) is 7.75. The fourth-order valence-electron chi connectivity index (χ4n) is 1.74. The molecule has 1 aromatic rings. The summed E-state index contributed by atoms with van der Waals surface area (Å²) in [6.07, 6.45) is 0.975. The molecule has 0 amide bonds. The third-order valence-electron chi connectivity index (χ3n) is 3.20. The second-order valence-electron chi connectivity index (χ2n) is 4.63. The highest BCUT2D eigenvalue weighted by Crippen LogP contribution is 2.24. The van der Waals surface area contributed by atoms with Gasteiger partial charge in [-0.1, -0.05) is 54.0 Å². The Kier molecular flexibility index (Phi) is 5.80. The summed E-state index contributed by atoms with van der Waals surface area (Å²) >= 11 is 3.42. The number of aryl methyl sites for hydroxylation is 1. The Morgan fingerprint density at radius 3 is 2.05 bits per heavy atom. The number of carbonyl (C=O) groups is 1. The minimum Gasteiger partial charge on any atom is -0.289 e. The number of benzene rings is 1. The molecule has 1 rings (SSSR count). The Balaban J connectivity index is 3.12. The maximum absolute atomic E-state index is 12.4. The predicted molar refractivity (Wildman–Crippen MR) is 85.9 cm³/mol. The van der Waals surface area contributed by atoms with Gasteiger partial charge in [-0.05, 0) is 31.4 Å². The number of hydrogen-bond donors (Lipinski definition) is 0. The number of hydrogen-bond acceptors (Lipinski definition) is 1. The zero-order valence-corrected chi connectivity index (χ0v) is 13.5. The van der Waals surface area contributed by atoms with E-state index in [2.05, 4.69) is 22.9 Å². The molecule has 0 atom stereocenters. The summed E-state index contributed by atoms with van der Waals surface area (Å²) in [4.78, 5) is 12.4. The number of carbonyl (C=O) groups excluding carboxylic acids is 1. The Morgan fingerprint density at radius 2 is 1.63 bits per heavy atom. The van der Waals surface area contributed by atoms with Crippen molar-refractivity contribution >= 4 is 29.6 Å². The molecule has 0 aliphatic carbocycles. The number of allylic oxidation sites excluding steroid dienone is 4. The van der Waals surface area contributed by atoms with Crippen LogP contribution >= 0.6 is 15.9 Å². The van der Waals surface area contributed by atoms with Gasteiger partial charge in [0.2, 0.25) is 0 Å². The van der Waals surface area contributed by atoms with E-state index in [1.54, 1.807) is 6.92 Å². The van der Waals surface area contributed by atoms with Gasteiger partial charge in [-0.2, -0.15) is 0 Å². The summed E-state index contributed by atoms with van der Waals surface area (Å²) in [5.41, 5.74) is 4.20. The zero-order chi connectivity index (χ0) is 14.6. The molecule has 0 aliphatic heterocycles. The van der Waals surface area contributed by atoms with E-state index in [-0.39, 0.29) is 5.78 Å². The first-order valence-electron chi connectivity index (χ1n) is 6.31. The van der Waals surface area contributed by atoms with Gasteiger partial charge in [-0.15, -0.1) is 5.47 Å². The quantitative estimate of drug-likeness (QED) is 0.344. The molecule has 0 N–H and O–H groups in total. The minimum atomic E-state index is 0.0401. The number of ketones is 1. The topological polar surface area (TPSA) is 17.1 Å².